The zero-order valence-corrected chi connectivity index (χ0v) is 13.1. The first-order valence-electron chi connectivity index (χ1n) is 7.65. The fourth-order valence-corrected chi connectivity index (χ4v) is 4.31. The third-order valence-corrected chi connectivity index (χ3v) is 5.30. The largest absolute Gasteiger partial charge is 0.344 e. The van der Waals surface area contributed by atoms with Crippen LogP contribution in [0.3, 0.4) is 0 Å². The van der Waals surface area contributed by atoms with Crippen LogP contribution >= 0.6 is 11.6 Å². The number of fused-ring (bicyclic) bond motifs is 1. The highest BCUT2D eigenvalue weighted by Gasteiger charge is 2.37. The van der Waals surface area contributed by atoms with Gasteiger partial charge in [-0.05, 0) is 45.7 Å². The van der Waals surface area contributed by atoms with Crippen molar-refractivity contribution in [1.29, 1.82) is 0 Å². The molecule has 3 rings (SSSR count). The Kier molecular flexibility index (Phi) is 3.91. The van der Waals surface area contributed by atoms with Gasteiger partial charge in [0.2, 0.25) is 0 Å². The molecule has 0 saturated carbocycles. The summed E-state index contributed by atoms with van der Waals surface area (Å²) in [4.78, 5) is 14.6. The third-order valence-electron chi connectivity index (χ3n) is 5.06. The van der Waals surface area contributed by atoms with Gasteiger partial charge in [-0.3, -0.25) is 9.69 Å². The van der Waals surface area contributed by atoms with Gasteiger partial charge < -0.3 is 4.57 Å². The summed E-state index contributed by atoms with van der Waals surface area (Å²) >= 11 is 5.72. The summed E-state index contributed by atoms with van der Waals surface area (Å²) < 4.78 is 2.40. The molecule has 1 aromatic heterocycles. The molecule has 4 heteroatoms. The highest BCUT2D eigenvalue weighted by molar-refractivity contribution is 6.30. The maximum atomic E-state index is 11.9. The number of nitrogens with zero attached hydrogens (tertiary/aromatic N) is 2. The first kappa shape index (κ1) is 14.2. The summed E-state index contributed by atoms with van der Waals surface area (Å²) in [5.41, 5.74) is 3.12. The maximum Gasteiger partial charge on any atom is 0.179 e. The summed E-state index contributed by atoms with van der Waals surface area (Å²) in [5, 5.41) is 0. The van der Waals surface area contributed by atoms with E-state index >= 15 is 0 Å². The van der Waals surface area contributed by atoms with Crippen molar-refractivity contribution >= 4 is 17.4 Å². The summed E-state index contributed by atoms with van der Waals surface area (Å²) in [6.45, 7) is 6.63. The molecule has 2 aliphatic rings. The van der Waals surface area contributed by atoms with Crippen LogP contribution in [0, 0.1) is 13.8 Å². The molecule has 3 heterocycles. The Morgan fingerprint density at radius 1 is 1.25 bits per heavy atom. The van der Waals surface area contributed by atoms with E-state index in [-0.39, 0.29) is 11.7 Å². The zero-order chi connectivity index (χ0) is 14.3. The van der Waals surface area contributed by atoms with Crippen molar-refractivity contribution in [2.45, 2.75) is 51.6 Å². The topological polar surface area (TPSA) is 25.2 Å². The molecule has 0 aliphatic carbocycles. The summed E-state index contributed by atoms with van der Waals surface area (Å²) in [6, 6.07) is 3.21. The minimum absolute atomic E-state index is 0.0458. The van der Waals surface area contributed by atoms with Gasteiger partial charge in [0.1, 0.15) is 0 Å². The molecule has 0 spiro atoms. The Labute approximate surface area is 125 Å². The van der Waals surface area contributed by atoms with E-state index in [1.807, 2.05) is 6.07 Å². The fourth-order valence-electron chi connectivity index (χ4n) is 4.16. The lowest BCUT2D eigenvalue weighted by molar-refractivity contribution is 0.102. The molecule has 0 amide bonds. The number of aromatic nitrogens is 1. The van der Waals surface area contributed by atoms with Gasteiger partial charge in [0.05, 0.1) is 11.9 Å². The Bertz CT molecular complexity index is 523. The van der Waals surface area contributed by atoms with Crippen LogP contribution < -0.4 is 0 Å². The van der Waals surface area contributed by atoms with Crippen molar-refractivity contribution in [2.24, 2.45) is 0 Å². The summed E-state index contributed by atoms with van der Waals surface area (Å²) in [5.74, 6) is 0.120. The van der Waals surface area contributed by atoms with Gasteiger partial charge in [-0.15, -0.1) is 11.6 Å². The van der Waals surface area contributed by atoms with Crippen LogP contribution in [0.1, 0.15) is 53.5 Å². The second-order valence-electron chi connectivity index (χ2n) is 6.17. The molecular formula is C16H23ClN2O. The van der Waals surface area contributed by atoms with Crippen molar-refractivity contribution in [3.8, 4) is 0 Å². The average molecular weight is 295 g/mol. The number of rotatable bonds is 3. The first-order valence-corrected chi connectivity index (χ1v) is 8.18. The smallest absolute Gasteiger partial charge is 0.179 e. The molecule has 1 aromatic rings. The number of hydrogen-bond acceptors (Lipinski definition) is 2. The molecular weight excluding hydrogens is 272 g/mol. The predicted octanol–water partition coefficient (Wildman–Crippen LogP) is 3.33. The van der Waals surface area contributed by atoms with Crippen LogP contribution in [0.4, 0.5) is 0 Å². The molecule has 0 radical (unpaired) electrons. The van der Waals surface area contributed by atoms with Gasteiger partial charge in [0.15, 0.2) is 5.78 Å². The number of piperidine rings is 1. The lowest BCUT2D eigenvalue weighted by Crippen LogP contribution is -2.38. The van der Waals surface area contributed by atoms with E-state index in [9.17, 15) is 4.79 Å². The molecule has 0 aromatic carbocycles. The Balaban J connectivity index is 1.94. The molecule has 20 heavy (non-hydrogen) atoms. The number of carbonyl (C=O) groups is 1. The molecule has 0 N–H and O–H groups in total. The van der Waals surface area contributed by atoms with Crippen molar-refractivity contribution in [2.75, 3.05) is 19.0 Å². The average Bonchev–Trinajstić information content (AvgIpc) is 2.99. The molecule has 2 unspecified atom stereocenters. The third kappa shape index (κ3) is 2.21. The normalized spacial score (nSPS) is 26.8. The van der Waals surface area contributed by atoms with E-state index in [0.717, 1.165) is 11.3 Å². The van der Waals surface area contributed by atoms with Gasteiger partial charge >= 0.3 is 0 Å². The molecule has 2 saturated heterocycles. The lowest BCUT2D eigenvalue weighted by Gasteiger charge is -2.34. The van der Waals surface area contributed by atoms with Gasteiger partial charge in [-0.2, -0.15) is 0 Å². The van der Waals surface area contributed by atoms with Crippen molar-refractivity contribution < 1.29 is 4.79 Å². The van der Waals surface area contributed by atoms with Gasteiger partial charge in [0.25, 0.3) is 0 Å². The maximum absolute atomic E-state index is 11.9. The van der Waals surface area contributed by atoms with E-state index < -0.39 is 0 Å². The van der Waals surface area contributed by atoms with Crippen LogP contribution in [-0.2, 0) is 0 Å². The fraction of sp³-hybridized carbons (Fsp3) is 0.688. The molecule has 2 atom stereocenters. The second kappa shape index (κ2) is 5.53. The minimum Gasteiger partial charge on any atom is -0.344 e. The second-order valence-corrected chi connectivity index (χ2v) is 6.43. The van der Waals surface area contributed by atoms with Gasteiger partial charge in [-0.25, -0.2) is 0 Å². The number of aryl methyl sites for hydroxylation is 1. The Morgan fingerprint density at radius 2 is 2.05 bits per heavy atom. The number of alkyl halides is 1. The number of carbonyl (C=O) groups excluding carboxylic acids is 1. The van der Waals surface area contributed by atoms with Crippen molar-refractivity contribution in [3.63, 3.8) is 0 Å². The molecule has 2 aliphatic heterocycles. The number of hydrogen-bond donors (Lipinski definition) is 0. The Hall–Kier alpha value is -0.800. The summed E-state index contributed by atoms with van der Waals surface area (Å²) in [6.07, 6.45) is 5.17. The predicted molar refractivity (Wildman–Crippen MR) is 81.8 cm³/mol. The van der Waals surface area contributed by atoms with Crippen LogP contribution in [-0.4, -0.2) is 40.3 Å². The van der Waals surface area contributed by atoms with Gasteiger partial charge in [-0.1, -0.05) is 6.42 Å². The molecule has 2 fully saturated rings. The number of Topliss-reactive ketones (excluding diaryl/α,β-unsaturated/α-hetero) is 1. The monoisotopic (exact) mass is 294 g/mol. The standard InChI is InChI=1S/C16H23ClN2O/c1-11-9-13(16(20)10-17)12(2)19(11)15-6-8-18-7-4-3-5-14(15)18/h9,14-15H,3-8,10H2,1-2H3. The minimum atomic E-state index is 0.0458. The van der Waals surface area contributed by atoms with Crippen LogP contribution in [0.25, 0.3) is 0 Å². The molecule has 3 nitrogen and oxygen atoms in total. The quantitative estimate of drug-likeness (QED) is 0.631. The lowest BCUT2D eigenvalue weighted by atomic mass is 9.98. The van der Waals surface area contributed by atoms with Crippen LogP contribution in [0.15, 0.2) is 6.07 Å². The Morgan fingerprint density at radius 3 is 2.80 bits per heavy atom. The van der Waals surface area contributed by atoms with E-state index in [4.69, 9.17) is 11.6 Å². The van der Waals surface area contributed by atoms with Crippen LogP contribution in [0.5, 0.6) is 0 Å². The van der Waals surface area contributed by atoms with Crippen molar-refractivity contribution in [1.82, 2.24) is 9.47 Å². The highest BCUT2D eigenvalue weighted by atomic mass is 35.5. The number of halogens is 1. The van der Waals surface area contributed by atoms with E-state index in [0.29, 0.717) is 12.1 Å². The SMILES string of the molecule is Cc1cc(C(=O)CCl)c(C)n1C1CCN2CCCCC12. The van der Waals surface area contributed by atoms with Crippen molar-refractivity contribution in [3.05, 3.63) is 23.0 Å². The highest BCUT2D eigenvalue weighted by Crippen LogP contribution is 2.37. The first-order chi connectivity index (χ1) is 9.63. The van der Waals surface area contributed by atoms with Gasteiger partial charge in [0, 0.05) is 29.5 Å². The van der Waals surface area contributed by atoms with Crippen LogP contribution in [0.2, 0.25) is 0 Å². The van der Waals surface area contributed by atoms with E-state index in [2.05, 4.69) is 23.3 Å². The molecule has 110 valence electrons. The number of ketones is 1. The zero-order valence-electron chi connectivity index (χ0n) is 12.4. The van der Waals surface area contributed by atoms with E-state index in [1.165, 1.54) is 44.5 Å². The molecule has 0 bridgehead atoms. The summed E-state index contributed by atoms with van der Waals surface area (Å²) in [7, 11) is 0. The van der Waals surface area contributed by atoms with E-state index in [1.54, 1.807) is 0 Å².